The van der Waals surface area contributed by atoms with E-state index in [2.05, 4.69) is 16.8 Å². The smallest absolute Gasteiger partial charge is 0.191 e. The van der Waals surface area contributed by atoms with Crippen LogP contribution >= 0.6 is 23.4 Å². The standard InChI is InChI=1S/C19H17ClFN3OS/c1-2-11-24-18(12-25-16-9-7-15(21)8-10-16)22-23-19(24)26-13-14-5-3-4-6-17(14)20/h2-10H,1,11-13H2. The second-order valence-electron chi connectivity index (χ2n) is 5.42. The summed E-state index contributed by atoms with van der Waals surface area (Å²) >= 11 is 7.76. The van der Waals surface area contributed by atoms with Crippen LogP contribution in [-0.2, 0) is 18.9 Å². The van der Waals surface area contributed by atoms with Gasteiger partial charge in [0.15, 0.2) is 11.0 Å². The Balaban J connectivity index is 1.70. The van der Waals surface area contributed by atoms with Crippen LogP contribution < -0.4 is 4.74 Å². The van der Waals surface area contributed by atoms with Gasteiger partial charge in [-0.15, -0.1) is 16.8 Å². The lowest BCUT2D eigenvalue weighted by Crippen LogP contribution is -2.07. The van der Waals surface area contributed by atoms with Crippen LogP contribution in [0.5, 0.6) is 5.75 Å². The highest BCUT2D eigenvalue weighted by Crippen LogP contribution is 2.26. The first-order valence-electron chi connectivity index (χ1n) is 7.95. The van der Waals surface area contributed by atoms with E-state index in [1.165, 1.54) is 12.1 Å². The third-order valence-corrected chi connectivity index (χ3v) is 4.99. The fourth-order valence-electron chi connectivity index (χ4n) is 2.28. The van der Waals surface area contributed by atoms with Crippen molar-refractivity contribution in [3.63, 3.8) is 0 Å². The Morgan fingerprint density at radius 3 is 2.65 bits per heavy atom. The summed E-state index contributed by atoms with van der Waals surface area (Å²) in [5.41, 5.74) is 1.04. The van der Waals surface area contributed by atoms with E-state index in [9.17, 15) is 4.39 Å². The first-order chi connectivity index (χ1) is 12.7. The van der Waals surface area contributed by atoms with Crippen LogP contribution in [0.15, 0.2) is 66.3 Å². The zero-order valence-electron chi connectivity index (χ0n) is 13.9. The summed E-state index contributed by atoms with van der Waals surface area (Å²) in [4.78, 5) is 0. The Bertz CT molecular complexity index is 883. The number of hydrogen-bond acceptors (Lipinski definition) is 4. The molecule has 2 aromatic carbocycles. The van der Waals surface area contributed by atoms with Crippen LogP contribution in [0, 0.1) is 5.82 Å². The molecule has 0 aliphatic rings. The van der Waals surface area contributed by atoms with Gasteiger partial charge in [-0.25, -0.2) is 4.39 Å². The lowest BCUT2D eigenvalue weighted by atomic mass is 10.2. The molecular weight excluding hydrogens is 373 g/mol. The Morgan fingerprint density at radius 1 is 1.15 bits per heavy atom. The zero-order chi connectivity index (χ0) is 18.4. The molecule has 0 fully saturated rings. The van der Waals surface area contributed by atoms with Crippen molar-refractivity contribution in [2.45, 2.75) is 24.1 Å². The lowest BCUT2D eigenvalue weighted by molar-refractivity contribution is 0.288. The van der Waals surface area contributed by atoms with Gasteiger partial charge in [0.25, 0.3) is 0 Å². The molecule has 3 aromatic rings. The third kappa shape index (κ3) is 4.65. The van der Waals surface area contributed by atoms with Crippen LogP contribution in [0.3, 0.4) is 0 Å². The number of ether oxygens (including phenoxy) is 1. The van der Waals surface area contributed by atoms with E-state index < -0.39 is 0 Å². The second-order valence-corrected chi connectivity index (χ2v) is 6.77. The molecule has 0 saturated carbocycles. The van der Waals surface area contributed by atoms with E-state index in [1.807, 2.05) is 28.8 Å². The normalized spacial score (nSPS) is 10.7. The maximum Gasteiger partial charge on any atom is 0.191 e. The minimum atomic E-state index is -0.301. The van der Waals surface area contributed by atoms with Crippen LogP contribution in [0.1, 0.15) is 11.4 Å². The monoisotopic (exact) mass is 389 g/mol. The highest BCUT2D eigenvalue weighted by atomic mass is 35.5. The van der Waals surface area contributed by atoms with Gasteiger partial charge >= 0.3 is 0 Å². The van der Waals surface area contributed by atoms with Crippen molar-refractivity contribution < 1.29 is 9.13 Å². The first kappa shape index (κ1) is 18.5. The van der Waals surface area contributed by atoms with Crippen LogP contribution in [0.4, 0.5) is 4.39 Å². The minimum Gasteiger partial charge on any atom is -0.486 e. The topological polar surface area (TPSA) is 39.9 Å². The molecule has 0 aliphatic heterocycles. The summed E-state index contributed by atoms with van der Waals surface area (Å²) < 4.78 is 20.6. The predicted octanol–water partition coefficient (Wildman–Crippen LogP) is 5.13. The summed E-state index contributed by atoms with van der Waals surface area (Å²) in [5.74, 6) is 1.64. The van der Waals surface area contributed by atoms with Crippen LogP contribution in [0.2, 0.25) is 5.02 Å². The fraction of sp³-hybridized carbons (Fsp3) is 0.158. The van der Waals surface area contributed by atoms with Crippen molar-refractivity contribution in [2.75, 3.05) is 0 Å². The maximum absolute atomic E-state index is 13.0. The van der Waals surface area contributed by atoms with Gasteiger partial charge in [0.1, 0.15) is 18.2 Å². The van der Waals surface area contributed by atoms with E-state index in [0.717, 1.165) is 15.7 Å². The molecule has 0 atom stereocenters. The molecule has 26 heavy (non-hydrogen) atoms. The van der Waals surface area contributed by atoms with E-state index in [0.29, 0.717) is 23.9 Å². The lowest BCUT2D eigenvalue weighted by Gasteiger charge is -2.09. The van der Waals surface area contributed by atoms with Gasteiger partial charge in [-0.1, -0.05) is 47.6 Å². The molecule has 1 heterocycles. The van der Waals surface area contributed by atoms with Crippen molar-refractivity contribution in [3.05, 3.63) is 83.4 Å². The molecule has 0 radical (unpaired) electrons. The molecular formula is C19H17ClFN3OS. The molecule has 0 N–H and O–H groups in total. The average molecular weight is 390 g/mol. The molecule has 134 valence electrons. The predicted molar refractivity (Wildman–Crippen MR) is 102 cm³/mol. The molecule has 1 aromatic heterocycles. The van der Waals surface area contributed by atoms with Crippen LogP contribution in [-0.4, -0.2) is 14.8 Å². The number of halogens is 2. The Labute approximate surface area is 160 Å². The van der Waals surface area contributed by atoms with Gasteiger partial charge in [-0.3, -0.25) is 4.57 Å². The summed E-state index contributed by atoms with van der Waals surface area (Å²) in [6.07, 6.45) is 1.78. The number of rotatable bonds is 8. The van der Waals surface area contributed by atoms with Crippen molar-refractivity contribution in [1.29, 1.82) is 0 Å². The molecule has 0 unspecified atom stereocenters. The SMILES string of the molecule is C=CCn1c(COc2ccc(F)cc2)nnc1SCc1ccccc1Cl. The first-order valence-corrected chi connectivity index (χ1v) is 9.31. The van der Waals surface area contributed by atoms with Gasteiger partial charge in [-0.2, -0.15) is 0 Å². The molecule has 0 bridgehead atoms. The third-order valence-electron chi connectivity index (χ3n) is 3.60. The zero-order valence-corrected chi connectivity index (χ0v) is 15.5. The number of thioether (sulfide) groups is 1. The number of allylic oxidation sites excluding steroid dienone is 1. The van der Waals surface area contributed by atoms with E-state index in [4.69, 9.17) is 16.3 Å². The molecule has 0 amide bonds. The van der Waals surface area contributed by atoms with E-state index in [1.54, 1.807) is 30.0 Å². The fourth-order valence-corrected chi connectivity index (χ4v) is 3.53. The van der Waals surface area contributed by atoms with Crippen molar-refractivity contribution in [3.8, 4) is 5.75 Å². The Kier molecular flexibility index (Phi) is 6.30. The van der Waals surface area contributed by atoms with Gasteiger partial charge in [0.2, 0.25) is 0 Å². The van der Waals surface area contributed by atoms with Gasteiger partial charge in [0, 0.05) is 17.3 Å². The molecule has 4 nitrogen and oxygen atoms in total. The van der Waals surface area contributed by atoms with Crippen LogP contribution in [0.25, 0.3) is 0 Å². The Hall–Kier alpha value is -2.31. The second kappa shape index (κ2) is 8.87. The van der Waals surface area contributed by atoms with E-state index in [-0.39, 0.29) is 12.4 Å². The summed E-state index contributed by atoms with van der Waals surface area (Å²) in [7, 11) is 0. The highest BCUT2D eigenvalue weighted by molar-refractivity contribution is 7.98. The maximum atomic E-state index is 13.0. The molecule has 7 heteroatoms. The quantitative estimate of drug-likeness (QED) is 0.395. The molecule has 0 aliphatic carbocycles. The number of nitrogens with zero attached hydrogens (tertiary/aromatic N) is 3. The average Bonchev–Trinajstić information content (AvgIpc) is 3.03. The Morgan fingerprint density at radius 2 is 1.92 bits per heavy atom. The van der Waals surface area contributed by atoms with Gasteiger partial charge in [0.05, 0.1) is 0 Å². The number of benzene rings is 2. The molecule has 0 spiro atoms. The van der Waals surface area contributed by atoms with Crippen molar-refractivity contribution in [1.82, 2.24) is 14.8 Å². The van der Waals surface area contributed by atoms with E-state index >= 15 is 0 Å². The largest absolute Gasteiger partial charge is 0.486 e. The molecule has 3 rings (SSSR count). The number of hydrogen-bond donors (Lipinski definition) is 0. The summed E-state index contributed by atoms with van der Waals surface area (Å²) in [6.45, 7) is 4.59. The van der Waals surface area contributed by atoms with Crippen molar-refractivity contribution in [2.24, 2.45) is 0 Å². The summed E-state index contributed by atoms with van der Waals surface area (Å²) in [6, 6.07) is 13.6. The molecule has 0 saturated heterocycles. The van der Waals surface area contributed by atoms with Gasteiger partial charge < -0.3 is 4.74 Å². The minimum absolute atomic E-state index is 0.235. The number of aromatic nitrogens is 3. The highest BCUT2D eigenvalue weighted by Gasteiger charge is 2.13. The van der Waals surface area contributed by atoms with Gasteiger partial charge in [-0.05, 0) is 35.9 Å². The summed E-state index contributed by atoms with van der Waals surface area (Å²) in [5, 5.41) is 9.96. The van der Waals surface area contributed by atoms with Crippen molar-refractivity contribution >= 4 is 23.4 Å².